The van der Waals surface area contributed by atoms with Crippen molar-refractivity contribution in [2.24, 2.45) is 0 Å². The fraction of sp³-hybridized carbons (Fsp3) is 0.562. The van der Waals surface area contributed by atoms with Crippen LogP contribution in [0.5, 0.6) is 5.75 Å². The van der Waals surface area contributed by atoms with Crippen molar-refractivity contribution in [2.75, 3.05) is 37.7 Å². The lowest BCUT2D eigenvalue weighted by Gasteiger charge is -2.32. The Morgan fingerprint density at radius 3 is 2.79 bits per heavy atom. The third-order valence-corrected chi connectivity index (χ3v) is 4.33. The number of nitrogens with one attached hydrogen (secondary N) is 1. The molecule has 0 radical (unpaired) electrons. The number of carbonyl (C=O) groups is 1. The quantitative estimate of drug-likeness (QED) is 0.729. The number of hydrogen-bond donors (Lipinski definition) is 3. The maximum Gasteiger partial charge on any atom is 0.414 e. The number of benzene rings is 1. The lowest BCUT2D eigenvalue weighted by atomic mass is 9.93. The third kappa shape index (κ3) is 3.61. The number of aliphatic hydroxyl groups excluding tert-OH is 1. The summed E-state index contributed by atoms with van der Waals surface area (Å²) in [6.45, 7) is 1.32. The van der Waals surface area contributed by atoms with Crippen LogP contribution in [0.4, 0.5) is 14.9 Å². The van der Waals surface area contributed by atoms with E-state index in [4.69, 9.17) is 14.6 Å². The van der Waals surface area contributed by atoms with Gasteiger partial charge in [0.1, 0.15) is 24.1 Å². The monoisotopic (exact) mass is 340 g/mol. The van der Waals surface area contributed by atoms with Crippen LogP contribution in [-0.2, 0) is 4.74 Å². The standard InChI is InChI=1S/C16H21FN2O5/c17-13-7-11(23-10-16(22)3-5-18-6-4-16)1-2-14(13)19-8-12(9-20)24-15(19)21/h1-2,7,12,18,20,22H,3-6,8-10H2. The van der Waals surface area contributed by atoms with Gasteiger partial charge in [0.25, 0.3) is 0 Å². The summed E-state index contributed by atoms with van der Waals surface area (Å²) in [7, 11) is 0. The van der Waals surface area contributed by atoms with Crippen LogP contribution in [0.3, 0.4) is 0 Å². The van der Waals surface area contributed by atoms with E-state index >= 15 is 0 Å². The van der Waals surface area contributed by atoms with Crippen LogP contribution in [0.1, 0.15) is 12.8 Å². The van der Waals surface area contributed by atoms with E-state index in [0.29, 0.717) is 12.8 Å². The molecule has 2 fully saturated rings. The van der Waals surface area contributed by atoms with Crippen molar-refractivity contribution >= 4 is 11.8 Å². The maximum absolute atomic E-state index is 14.3. The van der Waals surface area contributed by atoms with Gasteiger partial charge in [0.15, 0.2) is 5.82 Å². The fourth-order valence-corrected chi connectivity index (χ4v) is 2.86. The molecule has 1 unspecified atom stereocenters. The average molecular weight is 340 g/mol. The lowest BCUT2D eigenvalue weighted by molar-refractivity contribution is -0.0286. The average Bonchev–Trinajstić information content (AvgIpc) is 2.95. The van der Waals surface area contributed by atoms with E-state index in [1.807, 2.05) is 0 Å². The topological polar surface area (TPSA) is 91.3 Å². The minimum absolute atomic E-state index is 0.0730. The van der Waals surface area contributed by atoms with Crippen molar-refractivity contribution in [3.05, 3.63) is 24.0 Å². The van der Waals surface area contributed by atoms with Crippen LogP contribution in [0.25, 0.3) is 0 Å². The number of piperidine rings is 1. The Labute approximate surface area is 139 Å². The van der Waals surface area contributed by atoms with Crippen molar-refractivity contribution in [2.45, 2.75) is 24.5 Å². The number of amides is 1. The number of aliphatic hydroxyl groups is 2. The van der Waals surface area contributed by atoms with Crippen molar-refractivity contribution in [3.63, 3.8) is 0 Å². The maximum atomic E-state index is 14.3. The summed E-state index contributed by atoms with van der Waals surface area (Å²) < 4.78 is 24.7. The lowest BCUT2D eigenvalue weighted by Crippen LogP contribution is -2.45. The molecule has 1 aromatic carbocycles. The summed E-state index contributed by atoms with van der Waals surface area (Å²) in [5.74, 6) is -0.338. The van der Waals surface area contributed by atoms with E-state index in [9.17, 15) is 14.3 Å². The third-order valence-electron chi connectivity index (χ3n) is 4.33. The Bertz CT molecular complexity index is 606. The van der Waals surface area contributed by atoms with Crippen LogP contribution in [0.2, 0.25) is 0 Å². The molecule has 0 spiro atoms. The molecule has 132 valence electrons. The number of nitrogens with zero attached hydrogens (tertiary/aromatic N) is 1. The summed E-state index contributed by atoms with van der Waals surface area (Å²) in [6, 6.07) is 4.15. The first kappa shape index (κ1) is 16.9. The number of carbonyl (C=O) groups excluding carboxylic acids is 1. The zero-order valence-electron chi connectivity index (χ0n) is 13.2. The van der Waals surface area contributed by atoms with E-state index in [2.05, 4.69) is 5.32 Å². The summed E-state index contributed by atoms with van der Waals surface area (Å²) >= 11 is 0. The van der Waals surface area contributed by atoms with Crippen LogP contribution in [0, 0.1) is 5.82 Å². The number of rotatable bonds is 5. The first-order valence-electron chi connectivity index (χ1n) is 7.95. The molecule has 2 heterocycles. The van der Waals surface area contributed by atoms with Crippen molar-refractivity contribution < 1.29 is 28.9 Å². The van der Waals surface area contributed by atoms with Gasteiger partial charge >= 0.3 is 6.09 Å². The van der Waals surface area contributed by atoms with Gasteiger partial charge in [0, 0.05) is 6.07 Å². The Kier molecular flexibility index (Phi) is 4.88. The second kappa shape index (κ2) is 6.92. The molecule has 1 amide bonds. The van der Waals surface area contributed by atoms with E-state index in [-0.39, 0.29) is 31.2 Å². The number of anilines is 1. The molecule has 7 nitrogen and oxygen atoms in total. The van der Waals surface area contributed by atoms with Gasteiger partial charge in [-0.15, -0.1) is 0 Å². The SMILES string of the molecule is O=C1OC(CO)CN1c1ccc(OCC2(O)CCNCC2)cc1F. The van der Waals surface area contributed by atoms with Gasteiger partial charge in [-0.05, 0) is 38.1 Å². The molecule has 1 atom stereocenters. The minimum Gasteiger partial charge on any atom is -0.490 e. The van der Waals surface area contributed by atoms with Gasteiger partial charge in [-0.25, -0.2) is 9.18 Å². The largest absolute Gasteiger partial charge is 0.490 e. The van der Waals surface area contributed by atoms with Crippen LogP contribution >= 0.6 is 0 Å². The summed E-state index contributed by atoms with van der Waals surface area (Å²) in [5, 5.41) is 22.6. The van der Waals surface area contributed by atoms with Crippen molar-refractivity contribution in [1.82, 2.24) is 5.32 Å². The van der Waals surface area contributed by atoms with Gasteiger partial charge in [0.05, 0.1) is 18.8 Å². The fourth-order valence-electron chi connectivity index (χ4n) is 2.86. The normalized spacial score (nSPS) is 23.2. The van der Waals surface area contributed by atoms with E-state index in [0.717, 1.165) is 18.0 Å². The highest BCUT2D eigenvalue weighted by Gasteiger charge is 2.34. The molecule has 2 aliphatic rings. The van der Waals surface area contributed by atoms with Gasteiger partial charge in [0.2, 0.25) is 0 Å². The summed E-state index contributed by atoms with van der Waals surface area (Å²) in [5.41, 5.74) is -0.836. The minimum atomic E-state index is -0.909. The predicted octanol–water partition coefficient (Wildman–Crippen LogP) is 0.637. The highest BCUT2D eigenvalue weighted by atomic mass is 19.1. The molecule has 0 aliphatic carbocycles. The molecule has 2 saturated heterocycles. The highest BCUT2D eigenvalue weighted by molar-refractivity contribution is 5.90. The second-order valence-electron chi connectivity index (χ2n) is 6.18. The Morgan fingerprint density at radius 2 is 2.17 bits per heavy atom. The van der Waals surface area contributed by atoms with Crippen LogP contribution in [-0.4, -0.2) is 60.9 Å². The summed E-state index contributed by atoms with van der Waals surface area (Å²) in [4.78, 5) is 12.9. The first-order valence-corrected chi connectivity index (χ1v) is 7.95. The molecule has 24 heavy (non-hydrogen) atoms. The molecule has 1 aromatic rings. The number of hydrogen-bond acceptors (Lipinski definition) is 6. The van der Waals surface area contributed by atoms with Crippen molar-refractivity contribution in [3.8, 4) is 5.75 Å². The van der Waals surface area contributed by atoms with E-state index in [1.54, 1.807) is 6.07 Å². The molecule has 8 heteroatoms. The molecular formula is C16H21FN2O5. The van der Waals surface area contributed by atoms with Crippen molar-refractivity contribution in [1.29, 1.82) is 0 Å². The molecule has 3 rings (SSSR count). The van der Waals surface area contributed by atoms with Crippen LogP contribution < -0.4 is 15.0 Å². The Balaban J connectivity index is 1.65. The number of cyclic esters (lactones) is 1. The summed E-state index contributed by atoms with van der Waals surface area (Å²) in [6.07, 6.45) is -0.182. The molecule has 3 N–H and O–H groups in total. The Morgan fingerprint density at radius 1 is 1.42 bits per heavy atom. The zero-order valence-corrected chi connectivity index (χ0v) is 13.2. The van der Waals surface area contributed by atoms with Crippen LogP contribution in [0.15, 0.2) is 18.2 Å². The van der Waals surface area contributed by atoms with Gasteiger partial charge in [-0.1, -0.05) is 0 Å². The van der Waals surface area contributed by atoms with Gasteiger partial charge in [-0.2, -0.15) is 0 Å². The predicted molar refractivity (Wildman–Crippen MR) is 83.6 cm³/mol. The molecule has 0 aromatic heterocycles. The molecular weight excluding hydrogens is 319 g/mol. The first-order chi connectivity index (χ1) is 11.5. The highest BCUT2D eigenvalue weighted by Crippen LogP contribution is 2.28. The van der Waals surface area contributed by atoms with E-state index in [1.165, 1.54) is 12.1 Å². The smallest absolute Gasteiger partial charge is 0.414 e. The Hall–Kier alpha value is -1.90. The number of ether oxygens (including phenoxy) is 2. The number of halogens is 1. The molecule has 0 bridgehead atoms. The zero-order chi connectivity index (χ0) is 17.2. The molecule has 2 aliphatic heterocycles. The van der Waals surface area contributed by atoms with Gasteiger partial charge < -0.3 is 25.0 Å². The van der Waals surface area contributed by atoms with E-state index < -0.39 is 23.6 Å². The molecule has 0 saturated carbocycles. The second-order valence-corrected chi connectivity index (χ2v) is 6.18. The van der Waals surface area contributed by atoms with Gasteiger partial charge in [-0.3, -0.25) is 4.90 Å².